The smallest absolute Gasteiger partial charge is 0.251 e. The quantitative estimate of drug-likeness (QED) is 0.726. The molecule has 0 spiro atoms. The Balaban J connectivity index is 2.67. The highest BCUT2D eigenvalue weighted by molar-refractivity contribution is 5.96. The van der Waals surface area contributed by atoms with Crippen LogP contribution >= 0.6 is 0 Å². The van der Waals surface area contributed by atoms with Gasteiger partial charge in [-0.3, -0.25) is 4.79 Å². The van der Waals surface area contributed by atoms with Gasteiger partial charge >= 0.3 is 0 Å². The second-order valence-electron chi connectivity index (χ2n) is 4.26. The summed E-state index contributed by atoms with van der Waals surface area (Å²) >= 11 is 0. The van der Waals surface area contributed by atoms with Crippen LogP contribution in [0.2, 0.25) is 0 Å². The number of nitrogens with one attached hydrogen (secondary N) is 1. The summed E-state index contributed by atoms with van der Waals surface area (Å²) in [5.41, 5.74) is 6.54. The SMILES string of the molecule is Cc1c(O)cccc1C(=O)NC(C)CCCN. The molecule has 4 N–H and O–H groups in total. The first-order valence-corrected chi connectivity index (χ1v) is 5.85. The van der Waals surface area contributed by atoms with Crippen molar-refractivity contribution in [1.82, 2.24) is 5.32 Å². The average molecular weight is 236 g/mol. The number of rotatable bonds is 5. The molecule has 17 heavy (non-hydrogen) atoms. The zero-order valence-corrected chi connectivity index (χ0v) is 10.4. The Labute approximate surface area is 102 Å². The molecule has 1 unspecified atom stereocenters. The molecule has 1 aromatic rings. The van der Waals surface area contributed by atoms with Crippen LogP contribution in [-0.2, 0) is 0 Å². The number of hydrogen-bond acceptors (Lipinski definition) is 3. The molecule has 0 aliphatic carbocycles. The minimum atomic E-state index is -0.150. The molecule has 0 aromatic heterocycles. The molecule has 4 nitrogen and oxygen atoms in total. The first-order valence-electron chi connectivity index (χ1n) is 5.85. The maximum Gasteiger partial charge on any atom is 0.251 e. The molecular formula is C13H20N2O2. The van der Waals surface area contributed by atoms with Crippen molar-refractivity contribution in [3.05, 3.63) is 29.3 Å². The summed E-state index contributed by atoms with van der Waals surface area (Å²) in [6, 6.07) is 5.04. The molecule has 0 aliphatic heterocycles. The number of aromatic hydroxyl groups is 1. The van der Waals surface area contributed by atoms with E-state index >= 15 is 0 Å². The Morgan fingerprint density at radius 1 is 1.53 bits per heavy atom. The third kappa shape index (κ3) is 3.75. The molecule has 0 heterocycles. The van der Waals surface area contributed by atoms with E-state index in [1.54, 1.807) is 25.1 Å². The van der Waals surface area contributed by atoms with E-state index in [1.165, 1.54) is 0 Å². The normalized spacial score (nSPS) is 12.2. The minimum Gasteiger partial charge on any atom is -0.508 e. The molecule has 1 aromatic carbocycles. The first kappa shape index (κ1) is 13.5. The average Bonchev–Trinajstić information content (AvgIpc) is 2.29. The van der Waals surface area contributed by atoms with E-state index in [9.17, 15) is 9.90 Å². The third-order valence-electron chi connectivity index (χ3n) is 2.77. The molecule has 0 radical (unpaired) electrons. The number of benzene rings is 1. The highest BCUT2D eigenvalue weighted by atomic mass is 16.3. The lowest BCUT2D eigenvalue weighted by molar-refractivity contribution is 0.0937. The molecule has 0 bridgehead atoms. The van der Waals surface area contributed by atoms with Crippen molar-refractivity contribution in [3.8, 4) is 5.75 Å². The van der Waals surface area contributed by atoms with Gasteiger partial charge in [-0.1, -0.05) is 6.07 Å². The van der Waals surface area contributed by atoms with Gasteiger partial charge in [0.15, 0.2) is 0 Å². The van der Waals surface area contributed by atoms with E-state index in [4.69, 9.17) is 5.73 Å². The Morgan fingerprint density at radius 2 is 2.24 bits per heavy atom. The fourth-order valence-corrected chi connectivity index (χ4v) is 1.67. The van der Waals surface area contributed by atoms with Crippen LogP contribution in [0.5, 0.6) is 5.75 Å². The summed E-state index contributed by atoms with van der Waals surface area (Å²) in [5, 5.41) is 12.4. The predicted octanol–water partition coefficient (Wildman–Crippen LogP) is 1.56. The molecule has 1 atom stereocenters. The molecular weight excluding hydrogens is 216 g/mol. The van der Waals surface area contributed by atoms with Crippen molar-refractivity contribution < 1.29 is 9.90 Å². The van der Waals surface area contributed by atoms with Gasteiger partial charge in [-0.2, -0.15) is 0 Å². The Morgan fingerprint density at radius 3 is 2.88 bits per heavy atom. The topological polar surface area (TPSA) is 75.3 Å². The lowest BCUT2D eigenvalue weighted by Crippen LogP contribution is -2.33. The first-order chi connectivity index (χ1) is 8.06. The van der Waals surface area contributed by atoms with Gasteiger partial charge in [-0.25, -0.2) is 0 Å². The highest BCUT2D eigenvalue weighted by Gasteiger charge is 2.13. The van der Waals surface area contributed by atoms with Gasteiger partial charge in [0.25, 0.3) is 5.91 Å². The zero-order valence-electron chi connectivity index (χ0n) is 10.4. The van der Waals surface area contributed by atoms with Crippen LogP contribution in [0.1, 0.15) is 35.7 Å². The van der Waals surface area contributed by atoms with Crippen molar-refractivity contribution in [2.24, 2.45) is 5.73 Å². The lowest BCUT2D eigenvalue weighted by atomic mass is 10.1. The largest absolute Gasteiger partial charge is 0.508 e. The Hall–Kier alpha value is -1.55. The molecule has 1 rings (SSSR count). The minimum absolute atomic E-state index is 0.0906. The number of phenols is 1. The van der Waals surface area contributed by atoms with Gasteiger partial charge in [-0.05, 0) is 45.4 Å². The van der Waals surface area contributed by atoms with Gasteiger partial charge < -0.3 is 16.2 Å². The molecule has 0 fully saturated rings. The highest BCUT2D eigenvalue weighted by Crippen LogP contribution is 2.19. The van der Waals surface area contributed by atoms with Crippen molar-refractivity contribution in [1.29, 1.82) is 0 Å². The molecule has 0 saturated carbocycles. The summed E-state index contributed by atoms with van der Waals surface area (Å²) in [6.45, 7) is 4.31. The zero-order chi connectivity index (χ0) is 12.8. The fourth-order valence-electron chi connectivity index (χ4n) is 1.67. The lowest BCUT2D eigenvalue weighted by Gasteiger charge is -2.14. The monoisotopic (exact) mass is 236 g/mol. The number of carbonyl (C=O) groups is 1. The molecule has 0 aliphatic rings. The second-order valence-corrected chi connectivity index (χ2v) is 4.26. The third-order valence-corrected chi connectivity index (χ3v) is 2.77. The summed E-state index contributed by atoms with van der Waals surface area (Å²) < 4.78 is 0. The van der Waals surface area contributed by atoms with E-state index < -0.39 is 0 Å². The number of carbonyl (C=O) groups excluding carboxylic acids is 1. The van der Waals surface area contributed by atoms with Gasteiger partial charge in [0.1, 0.15) is 5.75 Å². The summed E-state index contributed by atoms with van der Waals surface area (Å²) in [5.74, 6) is -0.00446. The Kier molecular flexibility index (Phi) is 4.97. The van der Waals surface area contributed by atoms with Crippen molar-refractivity contribution in [2.75, 3.05) is 6.54 Å². The van der Waals surface area contributed by atoms with Crippen LogP contribution in [0.15, 0.2) is 18.2 Å². The number of amides is 1. The van der Waals surface area contributed by atoms with Crippen LogP contribution in [-0.4, -0.2) is 23.6 Å². The van der Waals surface area contributed by atoms with Crippen molar-refractivity contribution in [2.45, 2.75) is 32.7 Å². The summed E-state index contributed by atoms with van der Waals surface area (Å²) in [6.07, 6.45) is 1.75. The Bertz CT molecular complexity index is 391. The molecule has 94 valence electrons. The number of nitrogens with two attached hydrogens (primary N) is 1. The van der Waals surface area contributed by atoms with E-state index in [2.05, 4.69) is 5.32 Å². The standard InChI is InChI=1S/C13H20N2O2/c1-9(5-4-8-14)15-13(17)11-6-3-7-12(16)10(11)2/h3,6-7,9,16H,4-5,8,14H2,1-2H3,(H,15,17). The molecule has 4 heteroatoms. The van der Waals surface area contributed by atoms with Crippen LogP contribution in [0.3, 0.4) is 0 Å². The summed E-state index contributed by atoms with van der Waals surface area (Å²) in [7, 11) is 0. The van der Waals surface area contributed by atoms with Gasteiger partial charge in [-0.15, -0.1) is 0 Å². The maximum absolute atomic E-state index is 11.9. The fraction of sp³-hybridized carbons (Fsp3) is 0.462. The van der Waals surface area contributed by atoms with Crippen LogP contribution in [0.25, 0.3) is 0 Å². The maximum atomic E-state index is 11.9. The van der Waals surface area contributed by atoms with Gasteiger partial charge in [0.2, 0.25) is 0 Å². The van der Waals surface area contributed by atoms with Crippen LogP contribution < -0.4 is 11.1 Å². The van der Waals surface area contributed by atoms with E-state index in [0.29, 0.717) is 17.7 Å². The van der Waals surface area contributed by atoms with Crippen molar-refractivity contribution in [3.63, 3.8) is 0 Å². The second kappa shape index (κ2) is 6.25. The van der Waals surface area contributed by atoms with Gasteiger partial charge in [0, 0.05) is 17.2 Å². The van der Waals surface area contributed by atoms with Gasteiger partial charge in [0.05, 0.1) is 0 Å². The van der Waals surface area contributed by atoms with Crippen molar-refractivity contribution >= 4 is 5.91 Å². The van der Waals surface area contributed by atoms with E-state index in [-0.39, 0.29) is 17.7 Å². The van der Waals surface area contributed by atoms with Crippen LogP contribution in [0, 0.1) is 6.92 Å². The number of hydrogen-bond donors (Lipinski definition) is 3. The van der Waals surface area contributed by atoms with Crippen LogP contribution in [0.4, 0.5) is 0 Å². The number of phenolic OH excluding ortho intramolecular Hbond substituents is 1. The van der Waals surface area contributed by atoms with E-state index in [1.807, 2.05) is 6.92 Å². The molecule has 0 saturated heterocycles. The predicted molar refractivity (Wildman–Crippen MR) is 68.1 cm³/mol. The molecule has 1 amide bonds. The summed E-state index contributed by atoms with van der Waals surface area (Å²) in [4.78, 5) is 11.9. The van der Waals surface area contributed by atoms with E-state index in [0.717, 1.165) is 12.8 Å².